The fourth-order valence-corrected chi connectivity index (χ4v) is 2.50. The van der Waals surface area contributed by atoms with Crippen molar-refractivity contribution in [1.29, 1.82) is 0 Å². The highest BCUT2D eigenvalue weighted by molar-refractivity contribution is 5.96. The first-order valence-electron chi connectivity index (χ1n) is 5.08. The highest BCUT2D eigenvalue weighted by Gasteiger charge is 2.47. The van der Waals surface area contributed by atoms with Gasteiger partial charge in [-0.05, 0) is 31.6 Å². The molecule has 76 valence electrons. The van der Waals surface area contributed by atoms with Crippen LogP contribution in [-0.2, 0) is 14.3 Å². The van der Waals surface area contributed by atoms with Crippen molar-refractivity contribution in [3.63, 3.8) is 0 Å². The third kappa shape index (κ3) is 1.47. The molecule has 2 rings (SSSR count). The normalized spacial score (nSPS) is 36.4. The van der Waals surface area contributed by atoms with Crippen LogP contribution in [0.3, 0.4) is 0 Å². The predicted molar refractivity (Wildman–Crippen MR) is 50.2 cm³/mol. The van der Waals surface area contributed by atoms with Gasteiger partial charge in [0.25, 0.3) is 0 Å². The monoisotopic (exact) mass is 194 g/mol. The summed E-state index contributed by atoms with van der Waals surface area (Å²) in [7, 11) is 0. The number of ether oxygens (including phenoxy) is 1. The molecule has 2 fully saturated rings. The lowest BCUT2D eigenvalue weighted by Gasteiger charge is -2.26. The summed E-state index contributed by atoms with van der Waals surface area (Å²) in [6.45, 7) is 3.69. The molecule has 0 amide bonds. The van der Waals surface area contributed by atoms with E-state index in [1.165, 1.54) is 0 Å². The van der Waals surface area contributed by atoms with Gasteiger partial charge < -0.3 is 4.74 Å². The number of rotatable bonds is 2. The van der Waals surface area contributed by atoms with E-state index in [0.717, 1.165) is 25.7 Å². The molecule has 0 aromatic rings. The van der Waals surface area contributed by atoms with Crippen molar-refractivity contribution >= 4 is 11.9 Å². The minimum atomic E-state index is -0.311. The van der Waals surface area contributed by atoms with Crippen LogP contribution in [0.1, 0.15) is 25.7 Å². The van der Waals surface area contributed by atoms with Crippen LogP contribution < -0.4 is 0 Å². The van der Waals surface area contributed by atoms with Crippen LogP contribution in [0.4, 0.5) is 0 Å². The van der Waals surface area contributed by atoms with Crippen LogP contribution in [0.15, 0.2) is 12.7 Å². The summed E-state index contributed by atoms with van der Waals surface area (Å²) in [5, 5.41) is 0. The first-order chi connectivity index (χ1) is 6.72. The summed E-state index contributed by atoms with van der Waals surface area (Å²) in [5.74, 6) is -0.428. The second kappa shape index (κ2) is 3.56. The zero-order valence-electron chi connectivity index (χ0n) is 8.07. The van der Waals surface area contributed by atoms with Gasteiger partial charge in [0.05, 0.1) is 11.8 Å². The SMILES string of the molecule is C=CCC1CCC2C(=O)OC(=O)C2C1. The van der Waals surface area contributed by atoms with Crippen LogP contribution in [0.25, 0.3) is 0 Å². The Morgan fingerprint density at radius 3 is 2.71 bits per heavy atom. The lowest BCUT2D eigenvalue weighted by molar-refractivity contribution is -0.153. The molecule has 0 aromatic heterocycles. The van der Waals surface area contributed by atoms with Crippen LogP contribution in [0.5, 0.6) is 0 Å². The zero-order chi connectivity index (χ0) is 10.1. The van der Waals surface area contributed by atoms with E-state index in [0.29, 0.717) is 5.92 Å². The summed E-state index contributed by atoms with van der Waals surface area (Å²) >= 11 is 0. The fraction of sp³-hybridized carbons (Fsp3) is 0.636. The van der Waals surface area contributed by atoms with E-state index in [2.05, 4.69) is 11.3 Å². The summed E-state index contributed by atoms with van der Waals surface area (Å²) in [4.78, 5) is 22.5. The summed E-state index contributed by atoms with van der Waals surface area (Å²) in [6, 6.07) is 0. The van der Waals surface area contributed by atoms with Crippen molar-refractivity contribution in [3.05, 3.63) is 12.7 Å². The van der Waals surface area contributed by atoms with Gasteiger partial charge >= 0.3 is 11.9 Å². The Labute approximate surface area is 83.1 Å². The largest absolute Gasteiger partial charge is 0.393 e. The molecule has 1 saturated heterocycles. The molecule has 2 aliphatic rings. The molecule has 1 aliphatic carbocycles. The molecule has 3 atom stereocenters. The number of hydrogen-bond donors (Lipinski definition) is 0. The number of allylic oxidation sites excluding steroid dienone is 1. The molecule has 14 heavy (non-hydrogen) atoms. The van der Waals surface area contributed by atoms with Gasteiger partial charge in [0.15, 0.2) is 0 Å². The van der Waals surface area contributed by atoms with Crippen molar-refractivity contribution in [1.82, 2.24) is 0 Å². The van der Waals surface area contributed by atoms with Crippen molar-refractivity contribution in [2.24, 2.45) is 17.8 Å². The molecule has 0 radical (unpaired) electrons. The molecule has 3 nitrogen and oxygen atoms in total. The quantitative estimate of drug-likeness (QED) is 0.381. The molecule has 0 aromatic carbocycles. The first kappa shape index (κ1) is 9.44. The maximum absolute atomic E-state index is 11.3. The van der Waals surface area contributed by atoms with Crippen LogP contribution >= 0.6 is 0 Å². The highest BCUT2D eigenvalue weighted by atomic mass is 16.6. The van der Waals surface area contributed by atoms with Gasteiger partial charge in [0.2, 0.25) is 0 Å². The number of fused-ring (bicyclic) bond motifs is 1. The number of hydrogen-bond acceptors (Lipinski definition) is 3. The van der Waals surface area contributed by atoms with Crippen molar-refractivity contribution < 1.29 is 14.3 Å². The lowest BCUT2D eigenvalue weighted by atomic mass is 9.74. The maximum atomic E-state index is 11.3. The van der Waals surface area contributed by atoms with E-state index in [1.54, 1.807) is 0 Å². The Balaban J connectivity index is 2.05. The van der Waals surface area contributed by atoms with E-state index >= 15 is 0 Å². The second-order valence-corrected chi connectivity index (χ2v) is 4.16. The van der Waals surface area contributed by atoms with Gasteiger partial charge in [-0.1, -0.05) is 6.08 Å². The molecule has 1 heterocycles. The maximum Gasteiger partial charge on any atom is 0.317 e. The topological polar surface area (TPSA) is 43.4 Å². The first-order valence-corrected chi connectivity index (χ1v) is 5.08. The van der Waals surface area contributed by atoms with E-state index < -0.39 is 0 Å². The van der Waals surface area contributed by atoms with E-state index in [4.69, 9.17) is 0 Å². The average molecular weight is 194 g/mol. The predicted octanol–water partition coefficient (Wildman–Crippen LogP) is 1.68. The molecule has 1 aliphatic heterocycles. The standard InChI is InChI=1S/C11H14O3/c1-2-3-7-4-5-8-9(6-7)11(13)14-10(8)12/h2,7-9H,1,3-6H2. The molecular formula is C11H14O3. The Bertz CT molecular complexity index is 282. The Morgan fingerprint density at radius 2 is 2.00 bits per heavy atom. The number of cyclic esters (lactones) is 2. The third-order valence-electron chi connectivity index (χ3n) is 3.27. The zero-order valence-corrected chi connectivity index (χ0v) is 8.07. The van der Waals surface area contributed by atoms with Gasteiger partial charge in [-0.3, -0.25) is 9.59 Å². The molecule has 0 bridgehead atoms. The summed E-state index contributed by atoms with van der Waals surface area (Å²) in [5.41, 5.74) is 0. The number of carbonyl (C=O) groups is 2. The van der Waals surface area contributed by atoms with Crippen LogP contribution in [0.2, 0.25) is 0 Å². The lowest BCUT2D eigenvalue weighted by Crippen LogP contribution is -2.26. The van der Waals surface area contributed by atoms with Crippen molar-refractivity contribution in [2.75, 3.05) is 0 Å². The van der Waals surface area contributed by atoms with E-state index in [-0.39, 0.29) is 23.8 Å². The summed E-state index contributed by atoms with van der Waals surface area (Å²) < 4.78 is 4.63. The number of esters is 2. The molecule has 0 spiro atoms. The molecule has 1 saturated carbocycles. The van der Waals surface area contributed by atoms with Crippen molar-refractivity contribution in [3.8, 4) is 0 Å². The van der Waals surface area contributed by atoms with Gasteiger partial charge in [0.1, 0.15) is 0 Å². The van der Waals surface area contributed by atoms with Gasteiger partial charge in [-0.15, -0.1) is 6.58 Å². The minimum absolute atomic E-state index is 0.149. The Morgan fingerprint density at radius 1 is 1.29 bits per heavy atom. The fourth-order valence-electron chi connectivity index (χ4n) is 2.50. The summed E-state index contributed by atoms with van der Waals surface area (Å²) in [6.07, 6.45) is 5.42. The second-order valence-electron chi connectivity index (χ2n) is 4.16. The highest BCUT2D eigenvalue weighted by Crippen LogP contribution is 2.40. The van der Waals surface area contributed by atoms with Crippen molar-refractivity contribution in [2.45, 2.75) is 25.7 Å². The average Bonchev–Trinajstić information content (AvgIpc) is 2.43. The smallest absolute Gasteiger partial charge is 0.317 e. The molecular weight excluding hydrogens is 180 g/mol. The van der Waals surface area contributed by atoms with Gasteiger partial charge in [0, 0.05) is 0 Å². The number of carbonyl (C=O) groups excluding carboxylic acids is 2. The van der Waals surface area contributed by atoms with E-state index in [1.807, 2.05) is 6.08 Å². The van der Waals surface area contributed by atoms with Crippen LogP contribution in [0, 0.1) is 17.8 Å². The van der Waals surface area contributed by atoms with Gasteiger partial charge in [-0.2, -0.15) is 0 Å². The minimum Gasteiger partial charge on any atom is -0.393 e. The third-order valence-corrected chi connectivity index (χ3v) is 3.27. The Hall–Kier alpha value is -1.12. The molecule has 0 N–H and O–H groups in total. The molecule has 3 heteroatoms. The van der Waals surface area contributed by atoms with E-state index in [9.17, 15) is 9.59 Å². The molecule has 3 unspecified atom stereocenters. The van der Waals surface area contributed by atoms with Gasteiger partial charge in [-0.25, -0.2) is 0 Å². The van der Waals surface area contributed by atoms with Crippen LogP contribution in [-0.4, -0.2) is 11.9 Å². The Kier molecular flexibility index (Phi) is 2.40.